The van der Waals surface area contributed by atoms with Gasteiger partial charge >= 0.3 is 0 Å². The molecule has 0 saturated heterocycles. The molecule has 0 atom stereocenters. The predicted octanol–water partition coefficient (Wildman–Crippen LogP) is 6.31. The highest BCUT2D eigenvalue weighted by Crippen LogP contribution is 2.24. The van der Waals surface area contributed by atoms with Crippen molar-refractivity contribution < 1.29 is 10.2 Å². The third-order valence-corrected chi connectivity index (χ3v) is 4.87. The van der Waals surface area contributed by atoms with Gasteiger partial charge in [-0.1, -0.05) is 114 Å². The number of rotatable bonds is 15. The Labute approximate surface area is 149 Å². The van der Waals surface area contributed by atoms with Crippen LogP contribution in [0, 0.1) is 0 Å². The highest BCUT2D eigenvalue weighted by molar-refractivity contribution is 5.19. The standard InChI is InChI=1S/C22H38O2/c1-2-3-4-5-6-7-8-9-10-11-12-13-17-20-22(23,24)21-18-15-14-16-19-21/h14-16,18-19,23-24H,2-13,17,20H2,1H3. The van der Waals surface area contributed by atoms with Gasteiger partial charge in [-0.05, 0) is 6.42 Å². The molecule has 0 aliphatic rings. The van der Waals surface area contributed by atoms with E-state index >= 15 is 0 Å². The monoisotopic (exact) mass is 334 g/mol. The van der Waals surface area contributed by atoms with Crippen LogP contribution in [0.4, 0.5) is 0 Å². The quantitative estimate of drug-likeness (QED) is 0.292. The normalized spacial score (nSPS) is 11.8. The van der Waals surface area contributed by atoms with Gasteiger partial charge in [0.25, 0.3) is 0 Å². The summed E-state index contributed by atoms with van der Waals surface area (Å²) in [6.07, 6.45) is 17.3. The Hall–Kier alpha value is -0.860. The summed E-state index contributed by atoms with van der Waals surface area (Å²) in [5.41, 5.74) is 0.601. The Morgan fingerprint density at radius 1 is 0.625 bits per heavy atom. The van der Waals surface area contributed by atoms with Crippen LogP contribution < -0.4 is 0 Å². The molecule has 0 unspecified atom stereocenters. The van der Waals surface area contributed by atoms with Gasteiger partial charge in [-0.3, -0.25) is 0 Å². The molecular weight excluding hydrogens is 296 g/mol. The molecule has 0 amide bonds. The second-order valence-electron chi connectivity index (χ2n) is 7.18. The first kappa shape index (κ1) is 21.2. The fourth-order valence-corrected chi connectivity index (χ4v) is 3.24. The van der Waals surface area contributed by atoms with E-state index in [0.717, 1.165) is 12.8 Å². The second-order valence-corrected chi connectivity index (χ2v) is 7.18. The van der Waals surface area contributed by atoms with E-state index < -0.39 is 5.79 Å². The Morgan fingerprint density at radius 2 is 1.04 bits per heavy atom. The Kier molecular flexibility index (Phi) is 11.9. The lowest BCUT2D eigenvalue weighted by atomic mass is 9.98. The first-order valence-corrected chi connectivity index (χ1v) is 10.2. The molecule has 0 radical (unpaired) electrons. The summed E-state index contributed by atoms with van der Waals surface area (Å²) in [4.78, 5) is 0. The van der Waals surface area contributed by atoms with Gasteiger partial charge in [-0.2, -0.15) is 0 Å². The van der Waals surface area contributed by atoms with Crippen LogP contribution >= 0.6 is 0 Å². The van der Waals surface area contributed by atoms with E-state index in [-0.39, 0.29) is 0 Å². The highest BCUT2D eigenvalue weighted by atomic mass is 16.5. The molecule has 0 saturated carbocycles. The number of hydrogen-bond donors (Lipinski definition) is 2. The average molecular weight is 335 g/mol. The number of hydrogen-bond acceptors (Lipinski definition) is 2. The van der Waals surface area contributed by atoms with Crippen LogP contribution in [0.2, 0.25) is 0 Å². The van der Waals surface area contributed by atoms with Gasteiger partial charge in [-0.25, -0.2) is 0 Å². The van der Waals surface area contributed by atoms with Crippen LogP contribution in [0.3, 0.4) is 0 Å². The van der Waals surface area contributed by atoms with E-state index in [0.29, 0.717) is 12.0 Å². The van der Waals surface area contributed by atoms with Crippen LogP contribution in [0.1, 0.15) is 102 Å². The molecule has 0 fully saturated rings. The van der Waals surface area contributed by atoms with Gasteiger partial charge in [-0.15, -0.1) is 0 Å². The summed E-state index contributed by atoms with van der Waals surface area (Å²) < 4.78 is 0. The number of benzene rings is 1. The zero-order valence-corrected chi connectivity index (χ0v) is 15.7. The molecule has 0 bridgehead atoms. The lowest BCUT2D eigenvalue weighted by Crippen LogP contribution is -2.24. The summed E-state index contributed by atoms with van der Waals surface area (Å²) in [5, 5.41) is 20.2. The van der Waals surface area contributed by atoms with Crippen LogP contribution in [-0.4, -0.2) is 10.2 Å². The van der Waals surface area contributed by atoms with E-state index in [4.69, 9.17) is 0 Å². The molecule has 2 nitrogen and oxygen atoms in total. The van der Waals surface area contributed by atoms with Gasteiger partial charge in [0.1, 0.15) is 0 Å². The molecular formula is C22H38O2. The lowest BCUT2D eigenvalue weighted by Gasteiger charge is -2.22. The summed E-state index contributed by atoms with van der Waals surface area (Å²) in [7, 11) is 0. The van der Waals surface area contributed by atoms with E-state index in [1.54, 1.807) is 12.1 Å². The van der Waals surface area contributed by atoms with Crippen molar-refractivity contribution in [2.24, 2.45) is 0 Å². The van der Waals surface area contributed by atoms with Crippen LogP contribution in [-0.2, 0) is 5.79 Å². The maximum absolute atomic E-state index is 10.1. The zero-order chi connectivity index (χ0) is 17.5. The highest BCUT2D eigenvalue weighted by Gasteiger charge is 2.24. The molecule has 2 N–H and O–H groups in total. The van der Waals surface area contributed by atoms with Gasteiger partial charge in [0.15, 0.2) is 5.79 Å². The molecule has 138 valence electrons. The summed E-state index contributed by atoms with van der Waals surface area (Å²) in [6, 6.07) is 9.15. The summed E-state index contributed by atoms with van der Waals surface area (Å²) in [6.45, 7) is 2.27. The molecule has 0 aliphatic heterocycles. The molecule has 0 aliphatic carbocycles. The van der Waals surface area contributed by atoms with Crippen molar-refractivity contribution in [2.45, 2.75) is 103 Å². The SMILES string of the molecule is CCCCCCCCCCCCCCCC(O)(O)c1ccccc1. The van der Waals surface area contributed by atoms with E-state index in [1.807, 2.05) is 18.2 Å². The lowest BCUT2D eigenvalue weighted by molar-refractivity contribution is -0.175. The predicted molar refractivity (Wildman–Crippen MR) is 103 cm³/mol. The topological polar surface area (TPSA) is 40.5 Å². The van der Waals surface area contributed by atoms with Crippen molar-refractivity contribution in [3.63, 3.8) is 0 Å². The molecule has 24 heavy (non-hydrogen) atoms. The third-order valence-electron chi connectivity index (χ3n) is 4.87. The van der Waals surface area contributed by atoms with Crippen LogP contribution in [0.5, 0.6) is 0 Å². The third kappa shape index (κ3) is 10.1. The molecule has 0 aromatic heterocycles. The van der Waals surface area contributed by atoms with Gasteiger partial charge in [0.2, 0.25) is 0 Å². The van der Waals surface area contributed by atoms with Crippen molar-refractivity contribution in [1.29, 1.82) is 0 Å². The minimum absolute atomic E-state index is 0.425. The Bertz CT molecular complexity index is 386. The maximum Gasteiger partial charge on any atom is 0.189 e. The fourth-order valence-electron chi connectivity index (χ4n) is 3.24. The van der Waals surface area contributed by atoms with Gasteiger partial charge < -0.3 is 10.2 Å². The molecule has 2 heteroatoms. The molecule has 0 heterocycles. The number of unbranched alkanes of at least 4 members (excludes halogenated alkanes) is 12. The van der Waals surface area contributed by atoms with Gasteiger partial charge in [0, 0.05) is 12.0 Å². The molecule has 1 aromatic rings. The van der Waals surface area contributed by atoms with Crippen molar-refractivity contribution in [1.82, 2.24) is 0 Å². The first-order chi connectivity index (χ1) is 11.7. The van der Waals surface area contributed by atoms with Crippen molar-refractivity contribution in [3.05, 3.63) is 35.9 Å². The molecule has 0 spiro atoms. The Morgan fingerprint density at radius 3 is 1.50 bits per heavy atom. The molecule has 1 aromatic carbocycles. The van der Waals surface area contributed by atoms with E-state index in [1.165, 1.54) is 70.6 Å². The smallest absolute Gasteiger partial charge is 0.189 e. The summed E-state index contributed by atoms with van der Waals surface area (Å²) >= 11 is 0. The van der Waals surface area contributed by atoms with Gasteiger partial charge in [0.05, 0.1) is 0 Å². The average Bonchev–Trinajstić information content (AvgIpc) is 2.60. The summed E-state index contributed by atoms with van der Waals surface area (Å²) in [5.74, 6) is -1.67. The fraction of sp³-hybridized carbons (Fsp3) is 0.727. The number of aliphatic hydroxyl groups is 2. The van der Waals surface area contributed by atoms with Crippen molar-refractivity contribution in [3.8, 4) is 0 Å². The first-order valence-electron chi connectivity index (χ1n) is 10.2. The van der Waals surface area contributed by atoms with E-state index in [2.05, 4.69) is 6.92 Å². The minimum atomic E-state index is -1.67. The minimum Gasteiger partial charge on any atom is -0.362 e. The van der Waals surface area contributed by atoms with E-state index in [9.17, 15) is 10.2 Å². The second kappa shape index (κ2) is 13.4. The molecule has 1 rings (SSSR count). The maximum atomic E-state index is 10.1. The Balaban J connectivity index is 1.90. The largest absolute Gasteiger partial charge is 0.362 e. The van der Waals surface area contributed by atoms with Crippen LogP contribution in [0.25, 0.3) is 0 Å². The zero-order valence-electron chi connectivity index (χ0n) is 15.7. The van der Waals surface area contributed by atoms with Crippen molar-refractivity contribution >= 4 is 0 Å². The van der Waals surface area contributed by atoms with Crippen LogP contribution in [0.15, 0.2) is 30.3 Å². The van der Waals surface area contributed by atoms with Crippen molar-refractivity contribution in [2.75, 3.05) is 0 Å².